The maximum Gasteiger partial charge on any atom is 0.243 e. The zero-order chi connectivity index (χ0) is 12.4. The third kappa shape index (κ3) is 2.52. The molecule has 0 aliphatic rings. The minimum absolute atomic E-state index is 0.204. The number of nitrogens with zero attached hydrogens (tertiary/aromatic N) is 4. The van der Waals surface area contributed by atoms with Crippen LogP contribution in [0.15, 0.2) is 17.0 Å². The van der Waals surface area contributed by atoms with Gasteiger partial charge in [0, 0.05) is 7.05 Å². The molecule has 2 rings (SSSR count). The molecule has 17 heavy (non-hydrogen) atoms. The van der Waals surface area contributed by atoms with Gasteiger partial charge in [-0.15, -0.1) is 0 Å². The van der Waals surface area contributed by atoms with Gasteiger partial charge < -0.3 is 14.8 Å². The Kier molecular flexibility index (Phi) is 3.23. The van der Waals surface area contributed by atoms with Gasteiger partial charge in [-0.1, -0.05) is 19.0 Å². The Hall–Kier alpha value is -1.69. The van der Waals surface area contributed by atoms with Crippen molar-refractivity contribution in [1.29, 1.82) is 0 Å². The Morgan fingerprint density at radius 1 is 1.47 bits per heavy atom. The van der Waals surface area contributed by atoms with Gasteiger partial charge in [0.15, 0.2) is 0 Å². The predicted molar refractivity (Wildman–Crippen MR) is 62.9 cm³/mol. The van der Waals surface area contributed by atoms with Crippen molar-refractivity contribution in [1.82, 2.24) is 19.7 Å². The van der Waals surface area contributed by atoms with Crippen LogP contribution in [-0.4, -0.2) is 19.7 Å². The van der Waals surface area contributed by atoms with Gasteiger partial charge in [0.1, 0.15) is 5.69 Å². The number of rotatable bonds is 4. The lowest BCUT2D eigenvalue weighted by Crippen LogP contribution is -2.13. The van der Waals surface area contributed by atoms with Gasteiger partial charge in [0.25, 0.3) is 0 Å². The smallest absolute Gasteiger partial charge is 0.243 e. The van der Waals surface area contributed by atoms with Crippen molar-refractivity contribution in [2.24, 2.45) is 18.7 Å². The SMILES string of the molecule is CC(C)C[C@H](N)c1nc(-c2cncn2C)no1. The number of aryl methyl sites for hydroxylation is 1. The van der Waals surface area contributed by atoms with E-state index in [-0.39, 0.29) is 6.04 Å². The normalized spacial score (nSPS) is 13.2. The molecule has 2 N–H and O–H groups in total. The third-order valence-corrected chi connectivity index (χ3v) is 2.53. The van der Waals surface area contributed by atoms with Crippen LogP contribution < -0.4 is 5.73 Å². The zero-order valence-electron chi connectivity index (χ0n) is 10.3. The van der Waals surface area contributed by atoms with Crippen molar-refractivity contribution in [3.63, 3.8) is 0 Å². The summed E-state index contributed by atoms with van der Waals surface area (Å²) < 4.78 is 7.01. The van der Waals surface area contributed by atoms with Crippen LogP contribution in [0, 0.1) is 5.92 Å². The molecule has 2 aromatic heterocycles. The van der Waals surface area contributed by atoms with Crippen LogP contribution in [-0.2, 0) is 7.05 Å². The monoisotopic (exact) mass is 235 g/mol. The number of aromatic nitrogens is 4. The molecule has 6 nitrogen and oxygen atoms in total. The van der Waals surface area contributed by atoms with Crippen molar-refractivity contribution in [2.45, 2.75) is 26.3 Å². The second-order valence-electron chi connectivity index (χ2n) is 4.58. The minimum atomic E-state index is -0.204. The fourth-order valence-electron chi connectivity index (χ4n) is 1.67. The summed E-state index contributed by atoms with van der Waals surface area (Å²) >= 11 is 0. The van der Waals surface area contributed by atoms with Crippen molar-refractivity contribution < 1.29 is 4.52 Å². The average Bonchev–Trinajstić information content (AvgIpc) is 2.84. The van der Waals surface area contributed by atoms with E-state index in [4.69, 9.17) is 10.3 Å². The Bertz CT molecular complexity index is 488. The van der Waals surface area contributed by atoms with Gasteiger partial charge in [0.05, 0.1) is 18.6 Å². The Morgan fingerprint density at radius 2 is 2.24 bits per heavy atom. The molecule has 0 aliphatic carbocycles. The quantitative estimate of drug-likeness (QED) is 0.868. The summed E-state index contributed by atoms with van der Waals surface area (Å²) in [5.41, 5.74) is 6.80. The molecule has 6 heteroatoms. The second-order valence-corrected chi connectivity index (χ2v) is 4.58. The largest absolute Gasteiger partial charge is 0.337 e. The van der Waals surface area contributed by atoms with Gasteiger partial charge in [0.2, 0.25) is 11.7 Å². The molecule has 1 atom stereocenters. The highest BCUT2D eigenvalue weighted by Gasteiger charge is 2.17. The third-order valence-electron chi connectivity index (χ3n) is 2.53. The van der Waals surface area contributed by atoms with Gasteiger partial charge in [-0.25, -0.2) is 4.98 Å². The van der Waals surface area contributed by atoms with Crippen LogP contribution in [0.25, 0.3) is 11.5 Å². The standard InChI is InChI=1S/C11H17N5O/c1-7(2)4-8(12)11-14-10(15-17-11)9-5-13-6-16(9)3/h5-8H,4,12H2,1-3H3/t8-/m0/s1. The number of hydrogen-bond acceptors (Lipinski definition) is 5. The van der Waals surface area contributed by atoms with Crippen LogP contribution in [0.2, 0.25) is 0 Å². The first-order valence-electron chi connectivity index (χ1n) is 5.63. The summed E-state index contributed by atoms with van der Waals surface area (Å²) in [5, 5.41) is 3.92. The van der Waals surface area contributed by atoms with E-state index >= 15 is 0 Å². The van der Waals surface area contributed by atoms with E-state index < -0.39 is 0 Å². The molecule has 0 saturated carbocycles. The first-order chi connectivity index (χ1) is 8.08. The number of nitrogens with two attached hydrogens (primary N) is 1. The van der Waals surface area contributed by atoms with E-state index in [9.17, 15) is 0 Å². The maximum absolute atomic E-state index is 5.98. The first kappa shape index (κ1) is 11.8. The lowest BCUT2D eigenvalue weighted by atomic mass is 10.0. The molecule has 0 aromatic carbocycles. The summed E-state index contributed by atoms with van der Waals surface area (Å²) in [4.78, 5) is 8.31. The molecule has 2 heterocycles. The Morgan fingerprint density at radius 3 is 2.82 bits per heavy atom. The highest BCUT2D eigenvalue weighted by Crippen LogP contribution is 2.20. The van der Waals surface area contributed by atoms with E-state index in [1.807, 2.05) is 11.6 Å². The highest BCUT2D eigenvalue weighted by molar-refractivity contribution is 5.47. The lowest BCUT2D eigenvalue weighted by Gasteiger charge is -2.08. The molecule has 0 amide bonds. The predicted octanol–water partition coefficient (Wildman–Crippen LogP) is 1.52. The van der Waals surface area contributed by atoms with Gasteiger partial charge in [-0.05, 0) is 12.3 Å². The number of imidazole rings is 1. The van der Waals surface area contributed by atoms with E-state index in [1.165, 1.54) is 0 Å². The summed E-state index contributed by atoms with van der Waals surface area (Å²) in [7, 11) is 1.88. The summed E-state index contributed by atoms with van der Waals surface area (Å²) in [6.07, 6.45) is 4.22. The van der Waals surface area contributed by atoms with Gasteiger partial charge >= 0.3 is 0 Å². The zero-order valence-corrected chi connectivity index (χ0v) is 10.3. The molecule has 0 bridgehead atoms. The number of hydrogen-bond donors (Lipinski definition) is 1. The lowest BCUT2D eigenvalue weighted by molar-refractivity contribution is 0.335. The topological polar surface area (TPSA) is 82.8 Å². The summed E-state index contributed by atoms with van der Waals surface area (Å²) in [6, 6.07) is -0.204. The molecular formula is C11H17N5O. The maximum atomic E-state index is 5.98. The fourth-order valence-corrected chi connectivity index (χ4v) is 1.67. The van der Waals surface area contributed by atoms with E-state index in [0.29, 0.717) is 17.6 Å². The van der Waals surface area contributed by atoms with E-state index in [2.05, 4.69) is 29.0 Å². The van der Waals surface area contributed by atoms with Crippen molar-refractivity contribution in [2.75, 3.05) is 0 Å². The van der Waals surface area contributed by atoms with Crippen molar-refractivity contribution in [3.05, 3.63) is 18.4 Å². The molecular weight excluding hydrogens is 218 g/mol. The molecule has 0 saturated heterocycles. The van der Waals surface area contributed by atoms with E-state index in [1.54, 1.807) is 12.5 Å². The van der Waals surface area contributed by atoms with Crippen molar-refractivity contribution >= 4 is 0 Å². The molecule has 2 aromatic rings. The first-order valence-corrected chi connectivity index (χ1v) is 5.63. The molecule has 0 spiro atoms. The van der Waals surface area contributed by atoms with Crippen LogP contribution in [0.4, 0.5) is 0 Å². The molecule has 0 radical (unpaired) electrons. The average molecular weight is 235 g/mol. The van der Waals surface area contributed by atoms with E-state index in [0.717, 1.165) is 12.1 Å². The molecule has 0 aliphatic heterocycles. The second kappa shape index (κ2) is 4.67. The summed E-state index contributed by atoms with van der Waals surface area (Å²) in [6.45, 7) is 4.22. The highest BCUT2D eigenvalue weighted by atomic mass is 16.5. The Balaban J connectivity index is 2.19. The minimum Gasteiger partial charge on any atom is -0.337 e. The Labute approximate surface area is 99.8 Å². The summed E-state index contributed by atoms with van der Waals surface area (Å²) in [5.74, 6) is 1.51. The molecule has 0 fully saturated rings. The van der Waals surface area contributed by atoms with Crippen LogP contribution >= 0.6 is 0 Å². The van der Waals surface area contributed by atoms with Crippen molar-refractivity contribution in [3.8, 4) is 11.5 Å². The molecule has 92 valence electrons. The van der Waals surface area contributed by atoms with Gasteiger partial charge in [-0.3, -0.25) is 0 Å². The van der Waals surface area contributed by atoms with Gasteiger partial charge in [-0.2, -0.15) is 4.98 Å². The molecule has 0 unspecified atom stereocenters. The fraction of sp³-hybridized carbons (Fsp3) is 0.545. The van der Waals surface area contributed by atoms with Crippen LogP contribution in [0.1, 0.15) is 32.2 Å². The van der Waals surface area contributed by atoms with Crippen LogP contribution in [0.5, 0.6) is 0 Å². The van der Waals surface area contributed by atoms with Crippen LogP contribution in [0.3, 0.4) is 0 Å².